The number of rotatable bonds is 7. The van der Waals surface area contributed by atoms with E-state index in [1.165, 1.54) is 11.8 Å². The van der Waals surface area contributed by atoms with Gasteiger partial charge in [0.25, 0.3) is 0 Å². The van der Waals surface area contributed by atoms with E-state index in [1.54, 1.807) is 4.90 Å². The van der Waals surface area contributed by atoms with Crippen LogP contribution in [0.1, 0.15) is 18.9 Å². The van der Waals surface area contributed by atoms with Gasteiger partial charge in [0.15, 0.2) is 22.8 Å². The van der Waals surface area contributed by atoms with E-state index in [1.807, 2.05) is 55.7 Å². The molecule has 31 heavy (non-hydrogen) atoms. The lowest BCUT2D eigenvalue weighted by Crippen LogP contribution is -2.42. The highest BCUT2D eigenvalue weighted by Gasteiger charge is 2.30. The fourth-order valence-electron chi connectivity index (χ4n) is 3.76. The molecule has 1 aliphatic heterocycles. The van der Waals surface area contributed by atoms with E-state index < -0.39 is 0 Å². The third kappa shape index (κ3) is 4.42. The normalized spacial score (nSPS) is 17.4. The lowest BCUT2D eigenvalue weighted by molar-refractivity contribution is -0.128. The number of thioether (sulfide) groups is 1. The summed E-state index contributed by atoms with van der Waals surface area (Å²) in [5.41, 5.74) is 2.28. The molecule has 1 aromatic heterocycles. The third-order valence-electron chi connectivity index (χ3n) is 5.54. The summed E-state index contributed by atoms with van der Waals surface area (Å²) in [6, 6.07) is 18.4. The van der Waals surface area contributed by atoms with Crippen molar-refractivity contribution >= 4 is 17.7 Å². The third-order valence-corrected chi connectivity index (χ3v) is 6.49. The second kappa shape index (κ2) is 8.67. The van der Waals surface area contributed by atoms with Gasteiger partial charge in [0.1, 0.15) is 6.61 Å². The molecular weight excluding hydrogens is 410 g/mol. The fraction of sp³-hybridized carbons (Fsp3) is 0.333. The van der Waals surface area contributed by atoms with Crippen molar-refractivity contribution in [1.29, 1.82) is 0 Å². The average molecular weight is 436 g/mol. The summed E-state index contributed by atoms with van der Waals surface area (Å²) in [4.78, 5) is 19.1. The summed E-state index contributed by atoms with van der Waals surface area (Å²) in [6.07, 6.45) is 4.08. The number of imidazole rings is 1. The first kappa shape index (κ1) is 20.0. The minimum Gasteiger partial charge on any atom is -0.486 e. The number of para-hydroxylation sites is 2. The molecule has 7 heteroatoms. The Morgan fingerprint density at radius 1 is 1.13 bits per heavy atom. The number of carbonyl (C=O) groups is 1. The van der Waals surface area contributed by atoms with E-state index in [4.69, 9.17) is 9.47 Å². The quantitative estimate of drug-likeness (QED) is 0.519. The highest BCUT2D eigenvalue weighted by molar-refractivity contribution is 7.99. The van der Waals surface area contributed by atoms with E-state index in [-0.39, 0.29) is 12.0 Å². The van der Waals surface area contributed by atoms with Crippen LogP contribution in [-0.2, 0) is 4.79 Å². The molecule has 0 radical (unpaired) electrons. The molecule has 0 N–H and O–H groups in total. The molecule has 1 fully saturated rings. The average Bonchev–Trinajstić information content (AvgIpc) is 3.56. The molecule has 0 spiro atoms. The van der Waals surface area contributed by atoms with E-state index in [0.29, 0.717) is 24.9 Å². The number of benzene rings is 2. The van der Waals surface area contributed by atoms with Gasteiger partial charge in [-0.15, -0.1) is 0 Å². The maximum Gasteiger partial charge on any atom is 0.232 e. The van der Waals surface area contributed by atoms with Crippen LogP contribution >= 0.6 is 11.8 Å². The number of nitrogens with zero attached hydrogens (tertiary/aromatic N) is 3. The van der Waals surface area contributed by atoms with Crippen molar-refractivity contribution in [3.8, 4) is 22.8 Å². The van der Waals surface area contributed by atoms with E-state index in [0.717, 1.165) is 40.8 Å². The molecule has 1 atom stereocenters. The molecule has 2 aromatic carbocycles. The van der Waals surface area contributed by atoms with Crippen LogP contribution in [0.15, 0.2) is 66.0 Å². The van der Waals surface area contributed by atoms with E-state index >= 15 is 0 Å². The number of fused-ring (bicyclic) bond motifs is 1. The maximum absolute atomic E-state index is 12.8. The minimum atomic E-state index is -0.174. The SMILES string of the molecule is CN(CC1COc2ccccc2O1)C(=O)CSc1ncc(-c2ccccc2)n1C1CC1. The Hall–Kier alpha value is -2.93. The van der Waals surface area contributed by atoms with Crippen LogP contribution in [-0.4, -0.2) is 52.4 Å². The van der Waals surface area contributed by atoms with Crippen LogP contribution in [0.2, 0.25) is 0 Å². The van der Waals surface area contributed by atoms with Crippen LogP contribution in [0.3, 0.4) is 0 Å². The topological polar surface area (TPSA) is 56.6 Å². The first-order valence-electron chi connectivity index (χ1n) is 10.6. The number of hydrogen-bond donors (Lipinski definition) is 0. The maximum atomic E-state index is 12.8. The summed E-state index contributed by atoms with van der Waals surface area (Å²) in [7, 11) is 1.82. The Bertz CT molecular complexity index is 1060. The lowest BCUT2D eigenvalue weighted by Gasteiger charge is -2.29. The first-order chi connectivity index (χ1) is 15.2. The summed E-state index contributed by atoms with van der Waals surface area (Å²) in [5, 5.41) is 0.911. The summed E-state index contributed by atoms with van der Waals surface area (Å²) >= 11 is 1.51. The van der Waals surface area contributed by atoms with E-state index in [2.05, 4.69) is 21.7 Å². The molecule has 1 saturated carbocycles. The Kier molecular flexibility index (Phi) is 5.59. The molecule has 0 bridgehead atoms. The molecule has 6 nitrogen and oxygen atoms in total. The molecule has 0 saturated heterocycles. The van der Waals surface area contributed by atoms with Gasteiger partial charge in [-0.25, -0.2) is 4.98 Å². The number of aromatic nitrogens is 2. The summed E-state index contributed by atoms with van der Waals surface area (Å²) in [5.74, 6) is 1.89. The van der Waals surface area contributed by atoms with Gasteiger partial charge >= 0.3 is 0 Å². The zero-order chi connectivity index (χ0) is 21.2. The van der Waals surface area contributed by atoms with E-state index in [9.17, 15) is 4.79 Å². The van der Waals surface area contributed by atoms with Crippen LogP contribution < -0.4 is 9.47 Å². The predicted octanol–water partition coefficient (Wildman–Crippen LogP) is 4.28. The van der Waals surface area contributed by atoms with Crippen LogP contribution in [0.25, 0.3) is 11.3 Å². The minimum absolute atomic E-state index is 0.0547. The van der Waals surface area contributed by atoms with Crippen LogP contribution in [0.4, 0.5) is 0 Å². The van der Waals surface area contributed by atoms with Gasteiger partial charge in [0.05, 0.1) is 24.2 Å². The molecule has 1 amide bonds. The molecule has 160 valence electrons. The molecule has 5 rings (SSSR count). The Labute approximate surface area is 186 Å². The molecule has 1 aliphatic carbocycles. The number of likely N-dealkylation sites (N-methyl/N-ethyl adjacent to an activating group) is 1. The van der Waals surface area contributed by atoms with Gasteiger partial charge in [-0.2, -0.15) is 0 Å². The zero-order valence-corrected chi connectivity index (χ0v) is 18.3. The summed E-state index contributed by atoms with van der Waals surface area (Å²) in [6.45, 7) is 0.925. The van der Waals surface area contributed by atoms with Crippen molar-refractivity contribution in [2.45, 2.75) is 30.1 Å². The Morgan fingerprint density at radius 2 is 1.87 bits per heavy atom. The van der Waals surface area contributed by atoms with Crippen molar-refractivity contribution < 1.29 is 14.3 Å². The van der Waals surface area contributed by atoms with Gasteiger partial charge in [0.2, 0.25) is 5.91 Å². The Balaban J connectivity index is 1.20. The van der Waals surface area contributed by atoms with Crippen LogP contribution in [0, 0.1) is 0 Å². The van der Waals surface area contributed by atoms with Gasteiger partial charge in [-0.05, 0) is 30.5 Å². The number of ether oxygens (including phenoxy) is 2. The number of amides is 1. The monoisotopic (exact) mass is 435 g/mol. The fourth-order valence-corrected chi connectivity index (χ4v) is 4.74. The number of carbonyl (C=O) groups excluding carboxylic acids is 1. The highest BCUT2D eigenvalue weighted by Crippen LogP contribution is 2.42. The molecule has 1 unspecified atom stereocenters. The van der Waals surface area contributed by atoms with Crippen molar-refractivity contribution in [2.24, 2.45) is 0 Å². The molecule has 2 aliphatic rings. The second-order valence-electron chi connectivity index (χ2n) is 7.95. The Morgan fingerprint density at radius 3 is 2.65 bits per heavy atom. The predicted molar refractivity (Wildman–Crippen MR) is 121 cm³/mol. The van der Waals surface area contributed by atoms with Gasteiger partial charge in [-0.1, -0.05) is 54.2 Å². The van der Waals surface area contributed by atoms with Crippen molar-refractivity contribution in [1.82, 2.24) is 14.5 Å². The highest BCUT2D eigenvalue weighted by atomic mass is 32.2. The molecule has 2 heterocycles. The smallest absolute Gasteiger partial charge is 0.232 e. The molecular formula is C24H25N3O3S. The lowest BCUT2D eigenvalue weighted by atomic mass is 10.2. The summed E-state index contributed by atoms with van der Waals surface area (Å²) < 4.78 is 14.0. The van der Waals surface area contributed by atoms with Gasteiger partial charge < -0.3 is 18.9 Å². The van der Waals surface area contributed by atoms with Gasteiger partial charge in [-0.3, -0.25) is 4.79 Å². The van der Waals surface area contributed by atoms with Crippen LogP contribution in [0.5, 0.6) is 11.5 Å². The van der Waals surface area contributed by atoms with Crippen molar-refractivity contribution in [3.63, 3.8) is 0 Å². The largest absolute Gasteiger partial charge is 0.486 e. The number of hydrogen-bond acceptors (Lipinski definition) is 5. The standard InChI is InChI=1S/C24H25N3O3S/c1-26(14-19-15-29-21-9-5-6-10-22(21)30-19)23(28)16-31-24-25-13-20(27(24)18-11-12-18)17-7-3-2-4-8-17/h2-10,13,18-19H,11-12,14-16H2,1H3. The first-order valence-corrected chi connectivity index (χ1v) is 11.6. The van der Waals surface area contributed by atoms with Crippen molar-refractivity contribution in [2.75, 3.05) is 26.0 Å². The van der Waals surface area contributed by atoms with Crippen molar-refractivity contribution in [3.05, 3.63) is 60.8 Å². The molecule has 3 aromatic rings. The zero-order valence-electron chi connectivity index (χ0n) is 17.4. The van der Waals surface area contributed by atoms with Gasteiger partial charge in [0, 0.05) is 13.1 Å². The second-order valence-corrected chi connectivity index (χ2v) is 8.90.